The highest BCUT2D eigenvalue weighted by atomic mass is 16.5. The Morgan fingerprint density at radius 2 is 1.95 bits per heavy atom. The fourth-order valence-corrected chi connectivity index (χ4v) is 3.15. The fraction of sp³-hybridized carbons (Fsp3) is 0.350. The van der Waals surface area contributed by atoms with Crippen molar-refractivity contribution in [1.82, 2.24) is 0 Å². The van der Waals surface area contributed by atoms with E-state index >= 15 is 0 Å². The van der Waals surface area contributed by atoms with Gasteiger partial charge >= 0.3 is 5.97 Å². The molecule has 2 aromatic rings. The number of carbonyl (C=O) groups is 1. The number of ether oxygens (including phenoxy) is 1. The second-order valence-electron chi connectivity index (χ2n) is 6.51. The zero-order chi connectivity index (χ0) is 15.6. The van der Waals surface area contributed by atoms with Crippen LogP contribution in [0.3, 0.4) is 0 Å². The number of rotatable bonds is 4. The molecule has 0 spiro atoms. The minimum atomic E-state index is -0.389. The van der Waals surface area contributed by atoms with Crippen LogP contribution in [0.1, 0.15) is 32.3 Å². The Kier molecular flexibility index (Phi) is 4.02. The second-order valence-corrected chi connectivity index (χ2v) is 6.51. The average Bonchev–Trinajstić information content (AvgIpc) is 2.86. The Hall–Kier alpha value is -2.09. The van der Waals surface area contributed by atoms with Gasteiger partial charge in [0.2, 0.25) is 0 Å². The summed E-state index contributed by atoms with van der Waals surface area (Å²) in [5.74, 6) is -0.0434. The van der Waals surface area contributed by atoms with Crippen molar-refractivity contribution in [3.63, 3.8) is 0 Å². The molecule has 1 heterocycles. The molecule has 2 aromatic carbocycles. The molecular weight excluding hydrogens is 272 g/mol. The van der Waals surface area contributed by atoms with Gasteiger partial charge in [-0.15, -0.1) is 0 Å². The van der Waals surface area contributed by atoms with Gasteiger partial charge in [0.25, 0.3) is 0 Å². The number of allylic oxidation sites excluding steroid dienone is 2. The van der Waals surface area contributed by atoms with Crippen LogP contribution in [0.15, 0.2) is 54.1 Å². The Morgan fingerprint density at radius 3 is 2.64 bits per heavy atom. The Labute approximate surface area is 131 Å². The molecule has 2 heteroatoms. The maximum Gasteiger partial charge on any atom is 0.312 e. The maximum atomic E-state index is 12.3. The molecule has 1 aliphatic heterocycles. The summed E-state index contributed by atoms with van der Waals surface area (Å²) in [5, 5.41) is 2.46. The minimum absolute atomic E-state index is 0.0434. The van der Waals surface area contributed by atoms with Crippen LogP contribution < -0.4 is 0 Å². The molecule has 0 aliphatic carbocycles. The topological polar surface area (TPSA) is 26.3 Å². The van der Waals surface area contributed by atoms with Gasteiger partial charge in [0.15, 0.2) is 0 Å². The highest BCUT2D eigenvalue weighted by Crippen LogP contribution is 2.38. The molecule has 2 nitrogen and oxygen atoms in total. The van der Waals surface area contributed by atoms with Gasteiger partial charge in [0.1, 0.15) is 0 Å². The third kappa shape index (κ3) is 2.92. The van der Waals surface area contributed by atoms with Crippen molar-refractivity contribution in [1.29, 1.82) is 0 Å². The quantitative estimate of drug-likeness (QED) is 0.605. The predicted octanol–water partition coefficient (Wildman–Crippen LogP) is 4.67. The minimum Gasteiger partial charge on any atom is -0.465 e. The molecular formula is C20H22O2. The van der Waals surface area contributed by atoms with E-state index in [1.165, 1.54) is 21.9 Å². The largest absolute Gasteiger partial charge is 0.465 e. The number of fused-ring (bicyclic) bond motifs is 1. The van der Waals surface area contributed by atoms with Crippen LogP contribution in [0.2, 0.25) is 0 Å². The van der Waals surface area contributed by atoms with Crippen molar-refractivity contribution < 1.29 is 9.53 Å². The molecule has 1 aliphatic rings. The first-order chi connectivity index (χ1) is 10.6. The van der Waals surface area contributed by atoms with E-state index in [0.29, 0.717) is 6.61 Å². The molecule has 0 N–H and O–H groups in total. The van der Waals surface area contributed by atoms with Crippen LogP contribution in [-0.2, 0) is 16.0 Å². The zero-order valence-corrected chi connectivity index (χ0v) is 13.3. The summed E-state index contributed by atoms with van der Waals surface area (Å²) in [4.78, 5) is 12.3. The molecule has 0 amide bonds. The van der Waals surface area contributed by atoms with Gasteiger partial charge in [-0.25, -0.2) is 0 Å². The zero-order valence-electron chi connectivity index (χ0n) is 13.3. The smallest absolute Gasteiger partial charge is 0.312 e. The van der Waals surface area contributed by atoms with Crippen molar-refractivity contribution in [3.8, 4) is 0 Å². The number of carbonyl (C=O) groups excluding carboxylic acids is 1. The number of esters is 1. The van der Waals surface area contributed by atoms with Gasteiger partial charge in [-0.05, 0) is 49.4 Å². The maximum absolute atomic E-state index is 12.3. The lowest BCUT2D eigenvalue weighted by molar-refractivity contribution is -0.146. The Morgan fingerprint density at radius 1 is 1.18 bits per heavy atom. The van der Waals surface area contributed by atoms with E-state index in [1.54, 1.807) is 0 Å². The third-order valence-corrected chi connectivity index (χ3v) is 4.50. The van der Waals surface area contributed by atoms with E-state index in [4.69, 9.17) is 4.74 Å². The van der Waals surface area contributed by atoms with E-state index in [2.05, 4.69) is 56.3 Å². The van der Waals surface area contributed by atoms with E-state index < -0.39 is 0 Å². The van der Waals surface area contributed by atoms with Gasteiger partial charge < -0.3 is 4.74 Å². The summed E-state index contributed by atoms with van der Waals surface area (Å²) in [6.45, 7) is 4.69. The highest BCUT2D eigenvalue weighted by molar-refractivity contribution is 5.84. The van der Waals surface area contributed by atoms with Crippen molar-refractivity contribution in [2.75, 3.05) is 6.61 Å². The third-order valence-electron chi connectivity index (χ3n) is 4.50. The van der Waals surface area contributed by atoms with Crippen LogP contribution in [-0.4, -0.2) is 12.6 Å². The lowest BCUT2D eigenvalue weighted by Gasteiger charge is -2.23. The molecule has 3 rings (SSSR count). The lowest BCUT2D eigenvalue weighted by Crippen LogP contribution is -2.28. The van der Waals surface area contributed by atoms with Crippen molar-refractivity contribution in [2.45, 2.75) is 33.1 Å². The van der Waals surface area contributed by atoms with Crippen LogP contribution in [0.25, 0.3) is 10.8 Å². The standard InChI is InChI=1S/C20H22O2/c1-15(2)9-10-20(11-12-22-19(20)21)14-16-7-8-17-5-3-4-6-18(17)13-16/h3-9,13H,10-12,14H2,1-2H3. The normalized spacial score (nSPS) is 20.9. The van der Waals surface area contributed by atoms with Gasteiger partial charge in [-0.3, -0.25) is 4.79 Å². The Bertz CT molecular complexity index is 725. The first-order valence-corrected chi connectivity index (χ1v) is 7.87. The summed E-state index contributed by atoms with van der Waals surface area (Å²) in [5.41, 5.74) is 2.07. The summed E-state index contributed by atoms with van der Waals surface area (Å²) in [6.07, 6.45) is 4.48. The second kappa shape index (κ2) is 5.96. The summed E-state index contributed by atoms with van der Waals surface area (Å²) < 4.78 is 5.29. The van der Waals surface area contributed by atoms with Crippen molar-refractivity contribution >= 4 is 16.7 Å². The van der Waals surface area contributed by atoms with Crippen LogP contribution in [0.4, 0.5) is 0 Å². The van der Waals surface area contributed by atoms with Gasteiger partial charge in [-0.1, -0.05) is 54.1 Å². The van der Waals surface area contributed by atoms with Gasteiger partial charge in [0, 0.05) is 0 Å². The number of benzene rings is 2. The van der Waals surface area contributed by atoms with E-state index in [9.17, 15) is 4.79 Å². The molecule has 114 valence electrons. The molecule has 0 aromatic heterocycles. The first kappa shape index (κ1) is 14.8. The monoisotopic (exact) mass is 294 g/mol. The Balaban J connectivity index is 1.91. The van der Waals surface area contributed by atoms with E-state index in [1.807, 2.05) is 6.07 Å². The molecule has 1 saturated heterocycles. The number of hydrogen-bond donors (Lipinski definition) is 0. The summed E-state index contributed by atoms with van der Waals surface area (Å²) in [6, 6.07) is 14.8. The molecule has 22 heavy (non-hydrogen) atoms. The molecule has 1 unspecified atom stereocenters. The molecule has 0 bridgehead atoms. The number of cyclic esters (lactones) is 1. The van der Waals surface area contributed by atoms with Crippen molar-refractivity contribution in [2.24, 2.45) is 5.41 Å². The summed E-state index contributed by atoms with van der Waals surface area (Å²) >= 11 is 0. The highest BCUT2D eigenvalue weighted by Gasteiger charge is 2.43. The van der Waals surface area contributed by atoms with Crippen LogP contribution in [0, 0.1) is 5.41 Å². The summed E-state index contributed by atoms with van der Waals surface area (Å²) in [7, 11) is 0. The predicted molar refractivity (Wildman–Crippen MR) is 89.7 cm³/mol. The van der Waals surface area contributed by atoms with Crippen LogP contribution >= 0.6 is 0 Å². The number of hydrogen-bond acceptors (Lipinski definition) is 2. The van der Waals surface area contributed by atoms with Crippen molar-refractivity contribution in [3.05, 3.63) is 59.7 Å². The van der Waals surface area contributed by atoms with E-state index in [-0.39, 0.29) is 11.4 Å². The molecule has 1 fully saturated rings. The SMILES string of the molecule is CC(C)=CCC1(Cc2ccc3ccccc3c2)CCOC1=O. The van der Waals surface area contributed by atoms with Crippen LogP contribution in [0.5, 0.6) is 0 Å². The molecule has 1 atom stereocenters. The fourth-order valence-electron chi connectivity index (χ4n) is 3.15. The lowest BCUT2D eigenvalue weighted by atomic mass is 9.77. The van der Waals surface area contributed by atoms with Gasteiger partial charge in [-0.2, -0.15) is 0 Å². The molecule has 0 radical (unpaired) electrons. The van der Waals surface area contributed by atoms with E-state index in [0.717, 1.165) is 19.3 Å². The van der Waals surface area contributed by atoms with Gasteiger partial charge in [0.05, 0.1) is 12.0 Å². The molecule has 0 saturated carbocycles. The first-order valence-electron chi connectivity index (χ1n) is 7.87. The average molecular weight is 294 g/mol.